The van der Waals surface area contributed by atoms with Crippen LogP contribution in [0, 0.1) is 0 Å². The van der Waals surface area contributed by atoms with Gasteiger partial charge in [0.2, 0.25) is 10.0 Å². The topological polar surface area (TPSA) is 123 Å². The number of rotatable bonds is 10. The molecule has 10 nitrogen and oxygen atoms in total. The van der Waals surface area contributed by atoms with Crippen molar-refractivity contribution >= 4 is 33.2 Å². The zero-order chi connectivity index (χ0) is 30.6. The van der Waals surface area contributed by atoms with Gasteiger partial charge >= 0.3 is 5.97 Å². The molecule has 1 fully saturated rings. The molecule has 43 heavy (non-hydrogen) atoms. The van der Waals surface area contributed by atoms with Crippen molar-refractivity contribution in [2.45, 2.75) is 37.4 Å². The minimum absolute atomic E-state index is 0.00167. The van der Waals surface area contributed by atoms with Crippen molar-refractivity contribution in [2.24, 2.45) is 0 Å². The van der Waals surface area contributed by atoms with Gasteiger partial charge in [-0.15, -0.1) is 0 Å². The maximum absolute atomic E-state index is 13.3. The highest BCUT2D eigenvalue weighted by atomic mass is 32.2. The molecule has 0 bridgehead atoms. The summed E-state index contributed by atoms with van der Waals surface area (Å²) in [6.07, 6.45) is 1.52. The molecule has 224 valence electrons. The molecule has 2 aromatic heterocycles. The number of Topliss-reactive ketones (excluding diaryl/α,β-unsaturated/α-hetero) is 1. The van der Waals surface area contributed by atoms with Gasteiger partial charge in [0.1, 0.15) is 5.69 Å². The van der Waals surface area contributed by atoms with Crippen LogP contribution in [-0.4, -0.2) is 73.2 Å². The quantitative estimate of drug-likeness (QED) is 0.126. The Morgan fingerprint density at radius 2 is 1.65 bits per heavy atom. The maximum atomic E-state index is 13.3. The number of nitrogens with one attached hydrogen (secondary N) is 1. The Kier molecular flexibility index (Phi) is 9.05. The lowest BCUT2D eigenvalue weighted by molar-refractivity contribution is -0.117. The molecule has 1 amide bonds. The molecule has 0 aliphatic carbocycles. The lowest BCUT2D eigenvalue weighted by atomic mass is 10.0. The monoisotopic (exact) mass is 603 g/mol. The van der Waals surface area contributed by atoms with Crippen LogP contribution in [0.5, 0.6) is 0 Å². The van der Waals surface area contributed by atoms with E-state index in [1.54, 1.807) is 16.7 Å². The first-order valence-corrected chi connectivity index (χ1v) is 15.5. The van der Waals surface area contributed by atoms with E-state index in [4.69, 9.17) is 9.47 Å². The fourth-order valence-electron chi connectivity index (χ4n) is 5.16. The van der Waals surface area contributed by atoms with Crippen molar-refractivity contribution in [3.8, 4) is 11.1 Å². The van der Waals surface area contributed by atoms with Crippen LogP contribution in [0.3, 0.4) is 0 Å². The minimum atomic E-state index is -3.82. The van der Waals surface area contributed by atoms with Gasteiger partial charge in [-0.3, -0.25) is 9.59 Å². The number of sulfonamides is 1. The van der Waals surface area contributed by atoms with Crippen molar-refractivity contribution in [3.05, 3.63) is 96.3 Å². The average molecular weight is 604 g/mol. The van der Waals surface area contributed by atoms with E-state index < -0.39 is 27.7 Å². The summed E-state index contributed by atoms with van der Waals surface area (Å²) in [5, 5.41) is 2.61. The molecule has 0 spiro atoms. The lowest BCUT2D eigenvalue weighted by Gasteiger charge is -2.34. The molecule has 2 atom stereocenters. The third-order valence-corrected chi connectivity index (χ3v) is 8.95. The SMILES string of the molecule is CC1CN(S(=O)(=O)c2cccc(C(=O)OCCCNC(=O)C(=O)c3c(-c4ccccc4)cc4ccccn34)c2)CC(C)O1. The van der Waals surface area contributed by atoms with Gasteiger partial charge in [-0.2, -0.15) is 4.31 Å². The second-order valence-corrected chi connectivity index (χ2v) is 12.4. The predicted octanol–water partition coefficient (Wildman–Crippen LogP) is 3.95. The largest absolute Gasteiger partial charge is 0.462 e. The standard InChI is InChI=1S/C32H33N3O7S/c1-22-20-34(21-23(2)42-22)43(39,40)27-14-8-12-25(18-27)32(38)41-17-9-15-33-31(37)30(36)29-28(24-10-4-3-5-11-24)19-26-13-6-7-16-35(26)29/h3-8,10-14,16,18-19,22-23H,9,15,17,20-21H2,1-2H3,(H,33,37). The van der Waals surface area contributed by atoms with E-state index in [2.05, 4.69) is 5.32 Å². The zero-order valence-electron chi connectivity index (χ0n) is 23.9. The van der Waals surface area contributed by atoms with E-state index in [0.29, 0.717) is 5.56 Å². The number of nitrogens with zero attached hydrogens (tertiary/aromatic N) is 2. The number of benzene rings is 2. The average Bonchev–Trinajstić information content (AvgIpc) is 3.40. The molecular formula is C32H33N3O7S. The number of morpholine rings is 1. The molecule has 1 N–H and O–H groups in total. The summed E-state index contributed by atoms with van der Waals surface area (Å²) in [5.74, 6) is -2.13. The van der Waals surface area contributed by atoms with Crippen LogP contribution in [0.4, 0.5) is 0 Å². The summed E-state index contributed by atoms with van der Waals surface area (Å²) >= 11 is 0. The molecule has 5 rings (SSSR count). The molecule has 0 radical (unpaired) electrons. The van der Waals surface area contributed by atoms with E-state index in [1.807, 2.05) is 62.4 Å². The Bertz CT molecular complexity index is 1740. The Labute approximate surface area is 250 Å². The van der Waals surface area contributed by atoms with E-state index in [1.165, 1.54) is 28.6 Å². The number of ether oxygens (including phenoxy) is 2. The van der Waals surface area contributed by atoms with E-state index >= 15 is 0 Å². The van der Waals surface area contributed by atoms with Crippen LogP contribution in [-0.2, 0) is 24.3 Å². The van der Waals surface area contributed by atoms with Gasteiger partial charge in [0.05, 0.1) is 29.3 Å². The van der Waals surface area contributed by atoms with E-state index in [-0.39, 0.29) is 61.0 Å². The number of amides is 1. The van der Waals surface area contributed by atoms with Crippen LogP contribution >= 0.6 is 0 Å². The molecule has 0 saturated carbocycles. The van der Waals surface area contributed by atoms with Crippen LogP contribution in [0.1, 0.15) is 41.1 Å². The Morgan fingerprint density at radius 3 is 2.40 bits per heavy atom. The highest BCUT2D eigenvalue weighted by Gasteiger charge is 2.32. The molecule has 1 aliphatic rings. The summed E-state index contributed by atoms with van der Waals surface area (Å²) in [7, 11) is -3.82. The summed E-state index contributed by atoms with van der Waals surface area (Å²) in [6.45, 7) is 4.15. The maximum Gasteiger partial charge on any atom is 0.338 e. The predicted molar refractivity (Wildman–Crippen MR) is 160 cm³/mol. The van der Waals surface area contributed by atoms with E-state index in [0.717, 1.165) is 11.1 Å². The van der Waals surface area contributed by atoms with E-state index in [9.17, 15) is 22.8 Å². The van der Waals surface area contributed by atoms with Crippen molar-refractivity contribution < 1.29 is 32.3 Å². The van der Waals surface area contributed by atoms with Crippen molar-refractivity contribution in [1.29, 1.82) is 0 Å². The van der Waals surface area contributed by atoms with Crippen LogP contribution in [0.2, 0.25) is 0 Å². The fraction of sp³-hybridized carbons (Fsp3) is 0.281. The first-order chi connectivity index (χ1) is 20.6. The molecule has 3 heterocycles. The Hall–Kier alpha value is -4.32. The van der Waals surface area contributed by atoms with Crippen molar-refractivity contribution in [2.75, 3.05) is 26.2 Å². The van der Waals surface area contributed by atoms with Crippen molar-refractivity contribution in [1.82, 2.24) is 14.0 Å². The van der Waals surface area contributed by atoms with Gasteiger partial charge in [-0.05, 0) is 62.2 Å². The minimum Gasteiger partial charge on any atom is -0.462 e. The second-order valence-electron chi connectivity index (χ2n) is 10.4. The van der Waals surface area contributed by atoms with Crippen LogP contribution < -0.4 is 5.32 Å². The molecule has 1 aliphatic heterocycles. The number of carbonyl (C=O) groups is 3. The van der Waals surface area contributed by atoms with Gasteiger partial charge in [-0.25, -0.2) is 13.2 Å². The molecule has 2 aromatic carbocycles. The summed E-state index contributed by atoms with van der Waals surface area (Å²) in [6, 6.07) is 22.5. The van der Waals surface area contributed by atoms with Gasteiger partial charge in [0.15, 0.2) is 0 Å². The molecule has 4 aromatic rings. The van der Waals surface area contributed by atoms with Gasteiger partial charge in [0.25, 0.3) is 11.7 Å². The van der Waals surface area contributed by atoms with Crippen LogP contribution in [0.25, 0.3) is 16.6 Å². The van der Waals surface area contributed by atoms with Gasteiger partial charge < -0.3 is 19.2 Å². The number of hydrogen-bond donors (Lipinski definition) is 1. The Balaban J connectivity index is 1.16. The number of pyridine rings is 1. The number of ketones is 1. The zero-order valence-corrected chi connectivity index (χ0v) is 24.8. The van der Waals surface area contributed by atoms with Crippen molar-refractivity contribution in [3.63, 3.8) is 0 Å². The molecular weight excluding hydrogens is 570 g/mol. The summed E-state index contributed by atoms with van der Waals surface area (Å²) < 4.78 is 40.4. The highest BCUT2D eigenvalue weighted by molar-refractivity contribution is 7.89. The van der Waals surface area contributed by atoms with Crippen LogP contribution in [0.15, 0.2) is 90.0 Å². The number of carbonyl (C=O) groups excluding carboxylic acids is 3. The normalized spacial score (nSPS) is 17.4. The summed E-state index contributed by atoms with van der Waals surface area (Å²) in [5.41, 5.74) is 2.63. The third-order valence-electron chi connectivity index (χ3n) is 7.12. The number of hydrogen-bond acceptors (Lipinski definition) is 7. The van der Waals surface area contributed by atoms with Gasteiger partial charge in [-0.1, -0.05) is 42.5 Å². The first kappa shape index (κ1) is 30.1. The number of fused-ring (bicyclic) bond motifs is 1. The number of aromatic nitrogens is 1. The third kappa shape index (κ3) is 6.69. The fourth-order valence-corrected chi connectivity index (χ4v) is 6.80. The lowest BCUT2D eigenvalue weighted by Crippen LogP contribution is -2.48. The molecule has 11 heteroatoms. The Morgan fingerprint density at radius 1 is 0.930 bits per heavy atom. The molecule has 2 unspecified atom stereocenters. The highest BCUT2D eigenvalue weighted by Crippen LogP contribution is 2.28. The molecule has 1 saturated heterocycles. The smallest absolute Gasteiger partial charge is 0.338 e. The number of esters is 1. The second kappa shape index (κ2) is 12.9. The van der Waals surface area contributed by atoms with Gasteiger partial charge in [0, 0.05) is 36.9 Å². The first-order valence-electron chi connectivity index (χ1n) is 14.1. The summed E-state index contributed by atoms with van der Waals surface area (Å²) in [4.78, 5) is 38.8.